The third kappa shape index (κ3) is 4.02. The number of furan rings is 2. The van der Waals surface area contributed by atoms with Crippen LogP contribution in [0.1, 0.15) is 0 Å². The molecular weight excluding hydrogens is 496 g/mol. The summed E-state index contributed by atoms with van der Waals surface area (Å²) in [5.41, 5.74) is 7.78. The Labute approximate surface area is 232 Å². The molecule has 5 aromatic carbocycles. The fraction of sp³-hybridized carbons (Fsp3) is 0.0556. The summed E-state index contributed by atoms with van der Waals surface area (Å²) >= 11 is 0. The molecule has 0 saturated heterocycles. The third-order valence-electron chi connectivity index (χ3n) is 7.33. The summed E-state index contributed by atoms with van der Waals surface area (Å²) in [6.45, 7) is 0. The number of hydrogen-bond donors (Lipinski definition) is 0. The predicted octanol–water partition coefficient (Wildman–Crippen LogP) is 9.86. The predicted molar refractivity (Wildman–Crippen MR) is 161 cm³/mol. The van der Waals surface area contributed by atoms with Crippen molar-refractivity contribution in [2.45, 2.75) is 0 Å². The van der Waals surface area contributed by atoms with E-state index in [-0.39, 0.29) is 0 Å². The van der Waals surface area contributed by atoms with Gasteiger partial charge in [-0.05, 0) is 65.7 Å². The molecule has 0 bridgehead atoms. The lowest BCUT2D eigenvalue weighted by atomic mass is 9.95. The standard InChI is InChI=1S/C36H26O4/c1-37-27-17-13-25(14-18-27)35-33(23-9-5-3-6-10-23)29-21-30-32(22-31(29)39-35)40-36(26-15-19-28(38-2)20-16-26)34(30)24-11-7-4-8-12-24/h3-22H,1-2H3. The van der Waals surface area contributed by atoms with Crippen molar-refractivity contribution in [2.24, 2.45) is 0 Å². The van der Waals surface area contributed by atoms with Crippen LogP contribution in [-0.4, -0.2) is 14.2 Å². The molecule has 0 aliphatic heterocycles. The maximum absolute atomic E-state index is 6.59. The fourth-order valence-electron chi connectivity index (χ4n) is 5.36. The largest absolute Gasteiger partial charge is 0.497 e. The third-order valence-corrected chi connectivity index (χ3v) is 7.33. The van der Waals surface area contributed by atoms with Crippen molar-refractivity contribution in [1.29, 1.82) is 0 Å². The summed E-state index contributed by atoms with van der Waals surface area (Å²) in [5.74, 6) is 3.23. The van der Waals surface area contributed by atoms with E-state index in [1.165, 1.54) is 0 Å². The van der Waals surface area contributed by atoms with Crippen molar-refractivity contribution >= 4 is 21.9 Å². The van der Waals surface area contributed by atoms with E-state index in [1.807, 2.05) is 66.7 Å². The number of methoxy groups -OCH3 is 2. The summed E-state index contributed by atoms with van der Waals surface area (Å²) in [5, 5.41) is 2.06. The molecule has 0 aliphatic carbocycles. The fourth-order valence-corrected chi connectivity index (χ4v) is 5.36. The second kappa shape index (κ2) is 9.83. The van der Waals surface area contributed by atoms with E-state index in [0.717, 1.165) is 78.3 Å². The van der Waals surface area contributed by atoms with Gasteiger partial charge in [-0.15, -0.1) is 0 Å². The van der Waals surface area contributed by atoms with Gasteiger partial charge in [0, 0.05) is 39.1 Å². The van der Waals surface area contributed by atoms with Gasteiger partial charge < -0.3 is 18.3 Å². The number of hydrogen-bond acceptors (Lipinski definition) is 4. The van der Waals surface area contributed by atoms with E-state index in [2.05, 4.69) is 54.6 Å². The van der Waals surface area contributed by atoms with Crippen molar-refractivity contribution < 1.29 is 18.3 Å². The molecule has 0 spiro atoms. The molecule has 40 heavy (non-hydrogen) atoms. The van der Waals surface area contributed by atoms with Crippen molar-refractivity contribution in [3.05, 3.63) is 121 Å². The Kier molecular flexibility index (Phi) is 5.86. The topological polar surface area (TPSA) is 44.7 Å². The lowest BCUT2D eigenvalue weighted by Crippen LogP contribution is -1.84. The molecule has 4 nitrogen and oxygen atoms in total. The molecule has 0 amide bonds. The molecule has 0 fully saturated rings. The van der Waals surface area contributed by atoms with Gasteiger partial charge in [-0.2, -0.15) is 0 Å². The highest BCUT2D eigenvalue weighted by Crippen LogP contribution is 2.47. The van der Waals surface area contributed by atoms with E-state index in [4.69, 9.17) is 18.3 Å². The Hall–Kier alpha value is -5.22. The molecule has 4 heteroatoms. The van der Waals surface area contributed by atoms with Gasteiger partial charge in [-0.1, -0.05) is 60.7 Å². The zero-order valence-corrected chi connectivity index (χ0v) is 22.2. The number of benzene rings is 5. The first-order valence-corrected chi connectivity index (χ1v) is 13.2. The minimum Gasteiger partial charge on any atom is -0.497 e. The second-order valence-corrected chi connectivity index (χ2v) is 9.65. The van der Waals surface area contributed by atoms with Crippen LogP contribution in [0.5, 0.6) is 11.5 Å². The molecule has 194 valence electrons. The highest BCUT2D eigenvalue weighted by atomic mass is 16.5. The van der Waals surface area contributed by atoms with Gasteiger partial charge in [-0.3, -0.25) is 0 Å². The monoisotopic (exact) mass is 522 g/mol. The Balaban J connectivity index is 1.52. The normalized spacial score (nSPS) is 11.2. The quantitative estimate of drug-likeness (QED) is 0.218. The minimum absolute atomic E-state index is 0.770. The van der Waals surface area contributed by atoms with Crippen molar-refractivity contribution in [1.82, 2.24) is 0 Å². The van der Waals surface area contributed by atoms with Crippen molar-refractivity contribution in [3.8, 4) is 56.4 Å². The zero-order valence-electron chi connectivity index (χ0n) is 22.2. The summed E-state index contributed by atoms with van der Waals surface area (Å²) in [7, 11) is 3.34. The lowest BCUT2D eigenvalue weighted by Gasteiger charge is -2.06. The molecular formula is C36H26O4. The number of rotatable bonds is 6. The van der Waals surface area contributed by atoms with Gasteiger partial charge >= 0.3 is 0 Å². The first-order valence-electron chi connectivity index (χ1n) is 13.2. The first-order chi connectivity index (χ1) is 19.7. The van der Waals surface area contributed by atoms with Gasteiger partial charge in [0.1, 0.15) is 34.2 Å². The van der Waals surface area contributed by atoms with E-state index in [1.54, 1.807) is 14.2 Å². The molecule has 0 atom stereocenters. The zero-order chi connectivity index (χ0) is 27.1. The van der Waals surface area contributed by atoms with Crippen LogP contribution in [-0.2, 0) is 0 Å². The van der Waals surface area contributed by atoms with Crippen LogP contribution in [0.4, 0.5) is 0 Å². The van der Waals surface area contributed by atoms with E-state index in [9.17, 15) is 0 Å². The molecule has 0 radical (unpaired) electrons. The van der Waals surface area contributed by atoms with Gasteiger partial charge in [0.15, 0.2) is 0 Å². The van der Waals surface area contributed by atoms with Crippen LogP contribution >= 0.6 is 0 Å². The van der Waals surface area contributed by atoms with Gasteiger partial charge in [0.2, 0.25) is 0 Å². The highest BCUT2D eigenvalue weighted by molar-refractivity contribution is 6.11. The van der Waals surface area contributed by atoms with E-state index >= 15 is 0 Å². The maximum Gasteiger partial charge on any atom is 0.143 e. The molecule has 0 saturated carbocycles. The lowest BCUT2D eigenvalue weighted by molar-refractivity contribution is 0.414. The van der Waals surface area contributed by atoms with Crippen LogP contribution in [0, 0.1) is 0 Å². The first kappa shape index (κ1) is 23.9. The summed E-state index contributed by atoms with van der Waals surface area (Å²) in [6.07, 6.45) is 0. The summed E-state index contributed by atoms with van der Waals surface area (Å²) < 4.78 is 24.0. The second-order valence-electron chi connectivity index (χ2n) is 9.65. The van der Waals surface area contributed by atoms with Crippen LogP contribution in [0.2, 0.25) is 0 Å². The van der Waals surface area contributed by atoms with Crippen molar-refractivity contribution in [3.63, 3.8) is 0 Å². The highest BCUT2D eigenvalue weighted by Gasteiger charge is 2.23. The molecule has 7 rings (SSSR count). The number of fused-ring (bicyclic) bond motifs is 2. The van der Waals surface area contributed by atoms with Crippen LogP contribution in [0.15, 0.2) is 130 Å². The SMILES string of the molecule is COc1ccc(-c2oc3cc4oc(-c5ccc(OC)cc5)c(-c5ccccc5)c4cc3c2-c2ccccc2)cc1. The summed E-state index contributed by atoms with van der Waals surface area (Å²) in [6, 6.07) is 41.0. The molecule has 7 aromatic rings. The maximum atomic E-state index is 6.59. The molecule has 2 heterocycles. The average molecular weight is 523 g/mol. The molecule has 0 unspecified atom stereocenters. The van der Waals surface area contributed by atoms with E-state index in [0.29, 0.717) is 0 Å². The van der Waals surface area contributed by atoms with Crippen LogP contribution in [0.3, 0.4) is 0 Å². The van der Waals surface area contributed by atoms with E-state index < -0.39 is 0 Å². The average Bonchev–Trinajstić information content (AvgIpc) is 3.59. The van der Waals surface area contributed by atoms with Crippen molar-refractivity contribution in [2.75, 3.05) is 14.2 Å². The number of ether oxygens (including phenoxy) is 2. The molecule has 2 aromatic heterocycles. The van der Waals surface area contributed by atoms with Gasteiger partial charge in [-0.25, -0.2) is 0 Å². The molecule has 0 N–H and O–H groups in total. The van der Waals surface area contributed by atoms with Crippen LogP contribution < -0.4 is 9.47 Å². The Morgan fingerprint density at radius 1 is 0.425 bits per heavy atom. The van der Waals surface area contributed by atoms with Crippen LogP contribution in [0.25, 0.3) is 66.8 Å². The Morgan fingerprint density at radius 2 is 0.825 bits per heavy atom. The smallest absolute Gasteiger partial charge is 0.143 e. The van der Waals surface area contributed by atoms with Gasteiger partial charge in [0.25, 0.3) is 0 Å². The minimum atomic E-state index is 0.770. The summed E-state index contributed by atoms with van der Waals surface area (Å²) in [4.78, 5) is 0. The Morgan fingerprint density at radius 3 is 1.20 bits per heavy atom. The molecule has 0 aliphatic rings. The Bertz CT molecular complexity index is 1790. The van der Waals surface area contributed by atoms with Gasteiger partial charge in [0.05, 0.1) is 14.2 Å².